The molecule has 0 aromatic carbocycles. The Morgan fingerprint density at radius 3 is 2.88 bits per heavy atom. The van der Waals surface area contributed by atoms with Gasteiger partial charge in [0.2, 0.25) is 5.88 Å². The zero-order valence-corrected chi connectivity index (χ0v) is 9.19. The number of aromatic amines is 1. The molecule has 2 aromatic rings. The largest absolute Gasteiger partial charge is 0.480 e. The van der Waals surface area contributed by atoms with Crippen molar-refractivity contribution < 1.29 is 4.74 Å². The van der Waals surface area contributed by atoms with Crippen LogP contribution in [-0.2, 0) is 6.54 Å². The maximum absolute atomic E-state index is 4.93. The number of methoxy groups -OCH3 is 1. The van der Waals surface area contributed by atoms with Crippen molar-refractivity contribution >= 4 is 0 Å². The maximum Gasteiger partial charge on any atom is 0.233 e. The van der Waals surface area contributed by atoms with Crippen LogP contribution in [0, 0.1) is 0 Å². The van der Waals surface area contributed by atoms with Crippen LogP contribution in [0.5, 0.6) is 5.88 Å². The highest BCUT2D eigenvalue weighted by Gasteiger charge is 2.05. The highest BCUT2D eigenvalue weighted by molar-refractivity contribution is 5.48. The zero-order chi connectivity index (χ0) is 11.4. The Morgan fingerprint density at radius 2 is 2.25 bits per heavy atom. The SMILES string of the molecule is CNCc1cnc(-c2ccc(OC)nn2)[nH]1. The summed E-state index contributed by atoms with van der Waals surface area (Å²) in [5, 5.41) is 10.9. The van der Waals surface area contributed by atoms with Gasteiger partial charge in [0.05, 0.1) is 13.3 Å². The molecule has 2 heterocycles. The molecule has 0 aliphatic carbocycles. The third-order valence-electron chi connectivity index (χ3n) is 2.09. The van der Waals surface area contributed by atoms with E-state index in [2.05, 4.69) is 25.5 Å². The average molecular weight is 219 g/mol. The Bertz CT molecular complexity index is 450. The summed E-state index contributed by atoms with van der Waals surface area (Å²) in [6.07, 6.45) is 1.78. The minimum Gasteiger partial charge on any atom is -0.480 e. The van der Waals surface area contributed by atoms with Crippen LogP contribution in [-0.4, -0.2) is 34.3 Å². The Balaban J connectivity index is 2.21. The van der Waals surface area contributed by atoms with E-state index in [4.69, 9.17) is 4.74 Å². The van der Waals surface area contributed by atoms with E-state index in [0.29, 0.717) is 17.4 Å². The van der Waals surface area contributed by atoms with E-state index in [1.807, 2.05) is 13.1 Å². The second kappa shape index (κ2) is 4.71. The standard InChI is InChI=1S/C10H13N5O/c1-11-5-7-6-12-10(13-7)8-3-4-9(16-2)15-14-8/h3-4,6,11H,5H2,1-2H3,(H,12,13). The van der Waals surface area contributed by atoms with Gasteiger partial charge in [0, 0.05) is 18.3 Å². The number of H-pyrrole nitrogens is 1. The number of aromatic nitrogens is 4. The Kier molecular flexibility index (Phi) is 3.11. The van der Waals surface area contributed by atoms with Gasteiger partial charge in [0.25, 0.3) is 0 Å². The number of ether oxygens (including phenoxy) is 1. The van der Waals surface area contributed by atoms with Gasteiger partial charge in [-0.25, -0.2) is 4.98 Å². The molecule has 6 heteroatoms. The van der Waals surface area contributed by atoms with Crippen LogP contribution < -0.4 is 10.1 Å². The number of rotatable bonds is 4. The highest BCUT2D eigenvalue weighted by atomic mass is 16.5. The molecule has 0 fully saturated rings. The summed E-state index contributed by atoms with van der Waals surface area (Å²) in [5.41, 5.74) is 1.71. The van der Waals surface area contributed by atoms with Gasteiger partial charge in [-0.2, -0.15) is 0 Å². The van der Waals surface area contributed by atoms with Crippen molar-refractivity contribution in [3.8, 4) is 17.4 Å². The van der Waals surface area contributed by atoms with Crippen LogP contribution in [0.4, 0.5) is 0 Å². The molecule has 0 radical (unpaired) electrons. The molecule has 0 unspecified atom stereocenters. The molecule has 0 aliphatic rings. The summed E-state index contributed by atoms with van der Waals surface area (Å²) in [5.74, 6) is 1.20. The van der Waals surface area contributed by atoms with Crippen molar-refractivity contribution in [1.29, 1.82) is 0 Å². The fourth-order valence-corrected chi connectivity index (χ4v) is 1.32. The minimum absolute atomic E-state index is 0.491. The Hall–Kier alpha value is -1.95. The summed E-state index contributed by atoms with van der Waals surface area (Å²) < 4.78 is 4.93. The number of nitrogens with one attached hydrogen (secondary N) is 2. The van der Waals surface area contributed by atoms with Crippen molar-refractivity contribution in [2.24, 2.45) is 0 Å². The molecule has 0 amide bonds. The maximum atomic E-state index is 4.93. The van der Waals surface area contributed by atoms with Crippen molar-refractivity contribution in [3.05, 3.63) is 24.0 Å². The highest BCUT2D eigenvalue weighted by Crippen LogP contribution is 2.13. The van der Waals surface area contributed by atoms with Gasteiger partial charge in [-0.3, -0.25) is 0 Å². The summed E-state index contributed by atoms with van der Waals surface area (Å²) in [7, 11) is 3.44. The van der Waals surface area contributed by atoms with Crippen LogP contribution in [0.1, 0.15) is 5.69 Å². The lowest BCUT2D eigenvalue weighted by Crippen LogP contribution is -2.05. The van der Waals surface area contributed by atoms with Crippen molar-refractivity contribution in [2.75, 3.05) is 14.2 Å². The molecule has 0 atom stereocenters. The number of imidazole rings is 1. The number of hydrogen-bond donors (Lipinski definition) is 2. The van der Waals surface area contributed by atoms with Gasteiger partial charge >= 0.3 is 0 Å². The van der Waals surface area contributed by atoms with Crippen LogP contribution in [0.2, 0.25) is 0 Å². The summed E-state index contributed by atoms with van der Waals surface area (Å²) in [6.45, 7) is 0.747. The van der Waals surface area contributed by atoms with E-state index in [9.17, 15) is 0 Å². The molecule has 2 N–H and O–H groups in total. The van der Waals surface area contributed by atoms with Crippen LogP contribution in [0.15, 0.2) is 18.3 Å². The molecule has 84 valence electrons. The molecule has 0 saturated heterocycles. The number of hydrogen-bond acceptors (Lipinski definition) is 5. The average Bonchev–Trinajstić information content (AvgIpc) is 2.78. The third kappa shape index (κ3) is 2.17. The molecule has 0 spiro atoms. The minimum atomic E-state index is 0.491. The van der Waals surface area contributed by atoms with Gasteiger partial charge in [0.1, 0.15) is 5.69 Å². The molecule has 6 nitrogen and oxygen atoms in total. The molecule has 0 saturated carbocycles. The van der Waals surface area contributed by atoms with Gasteiger partial charge in [-0.15, -0.1) is 10.2 Å². The summed E-state index contributed by atoms with van der Waals surface area (Å²) >= 11 is 0. The topological polar surface area (TPSA) is 75.7 Å². The van der Waals surface area contributed by atoms with Crippen LogP contribution >= 0.6 is 0 Å². The molecule has 0 aliphatic heterocycles. The lowest BCUT2D eigenvalue weighted by molar-refractivity contribution is 0.392. The number of nitrogens with zero attached hydrogens (tertiary/aromatic N) is 3. The van der Waals surface area contributed by atoms with Crippen molar-refractivity contribution in [3.63, 3.8) is 0 Å². The first-order valence-corrected chi connectivity index (χ1v) is 4.90. The summed E-state index contributed by atoms with van der Waals surface area (Å²) in [6, 6.07) is 3.57. The molecule has 2 rings (SSSR count). The van der Waals surface area contributed by atoms with E-state index in [0.717, 1.165) is 12.2 Å². The second-order valence-electron chi connectivity index (χ2n) is 3.25. The second-order valence-corrected chi connectivity index (χ2v) is 3.25. The van der Waals surface area contributed by atoms with E-state index >= 15 is 0 Å². The molecular formula is C10H13N5O. The van der Waals surface area contributed by atoms with Crippen molar-refractivity contribution in [2.45, 2.75) is 6.54 Å². The van der Waals surface area contributed by atoms with E-state index in [-0.39, 0.29) is 0 Å². The Morgan fingerprint density at radius 1 is 1.38 bits per heavy atom. The van der Waals surface area contributed by atoms with Crippen molar-refractivity contribution in [1.82, 2.24) is 25.5 Å². The fraction of sp³-hybridized carbons (Fsp3) is 0.300. The monoisotopic (exact) mass is 219 g/mol. The predicted molar refractivity (Wildman–Crippen MR) is 58.9 cm³/mol. The molecular weight excluding hydrogens is 206 g/mol. The smallest absolute Gasteiger partial charge is 0.233 e. The third-order valence-corrected chi connectivity index (χ3v) is 2.09. The van der Waals surface area contributed by atoms with E-state index < -0.39 is 0 Å². The predicted octanol–water partition coefficient (Wildman–Crippen LogP) is 0.595. The van der Waals surface area contributed by atoms with Crippen LogP contribution in [0.3, 0.4) is 0 Å². The van der Waals surface area contributed by atoms with Gasteiger partial charge in [-0.1, -0.05) is 0 Å². The zero-order valence-electron chi connectivity index (χ0n) is 9.19. The van der Waals surface area contributed by atoms with Gasteiger partial charge < -0.3 is 15.0 Å². The first kappa shape index (κ1) is 10.6. The lowest BCUT2D eigenvalue weighted by atomic mass is 10.4. The lowest BCUT2D eigenvalue weighted by Gasteiger charge is -1.98. The first-order valence-electron chi connectivity index (χ1n) is 4.90. The van der Waals surface area contributed by atoms with E-state index in [1.165, 1.54) is 0 Å². The van der Waals surface area contributed by atoms with E-state index in [1.54, 1.807) is 19.4 Å². The molecule has 16 heavy (non-hydrogen) atoms. The van der Waals surface area contributed by atoms with Crippen LogP contribution in [0.25, 0.3) is 11.5 Å². The fourth-order valence-electron chi connectivity index (χ4n) is 1.32. The molecule has 0 bridgehead atoms. The van der Waals surface area contributed by atoms with Gasteiger partial charge in [-0.05, 0) is 13.1 Å². The van der Waals surface area contributed by atoms with Gasteiger partial charge in [0.15, 0.2) is 5.82 Å². The normalized spacial score (nSPS) is 10.4. The first-order chi connectivity index (χ1) is 7.83. The quantitative estimate of drug-likeness (QED) is 0.787. The molecule has 2 aromatic heterocycles. The summed E-state index contributed by atoms with van der Waals surface area (Å²) in [4.78, 5) is 7.37. The Labute approximate surface area is 93.1 Å².